The van der Waals surface area contributed by atoms with Gasteiger partial charge in [0, 0.05) is 33.5 Å². The molecule has 2 aliphatic carbocycles. The van der Waals surface area contributed by atoms with Crippen LogP contribution >= 0.6 is 0 Å². The van der Waals surface area contributed by atoms with E-state index < -0.39 is 5.41 Å². The van der Waals surface area contributed by atoms with E-state index in [9.17, 15) is 0 Å². The van der Waals surface area contributed by atoms with E-state index in [1.807, 2.05) is 12.1 Å². The van der Waals surface area contributed by atoms with Gasteiger partial charge in [0.1, 0.15) is 22.3 Å². The van der Waals surface area contributed by atoms with E-state index in [1.54, 1.807) is 0 Å². The molecule has 0 amide bonds. The molecule has 0 saturated carbocycles. The zero-order valence-corrected chi connectivity index (χ0v) is 43.9. The number of benzene rings is 13. The maximum atomic E-state index is 6.59. The van der Waals surface area contributed by atoms with E-state index in [1.165, 1.54) is 72.1 Å². The predicted octanol–water partition coefficient (Wildman–Crippen LogP) is 21.3. The fourth-order valence-corrected chi connectivity index (χ4v) is 13.7. The van der Waals surface area contributed by atoms with Crippen LogP contribution in [-0.4, -0.2) is 0 Å². The van der Waals surface area contributed by atoms with E-state index >= 15 is 0 Å². The normalized spacial score (nSPS) is 12.8. The van der Waals surface area contributed by atoms with Crippen molar-refractivity contribution in [2.24, 2.45) is 0 Å². The molecule has 0 saturated heterocycles. The molecule has 2 aliphatic rings. The van der Waals surface area contributed by atoms with Gasteiger partial charge in [-0.15, -0.1) is 0 Å². The Labute approximate surface area is 468 Å². The van der Waals surface area contributed by atoms with Gasteiger partial charge in [-0.3, -0.25) is 0 Å². The molecule has 0 unspecified atom stereocenters. The lowest BCUT2D eigenvalue weighted by molar-refractivity contribution is 0.668. The molecule has 0 radical (unpaired) electrons. The Balaban J connectivity index is 0.889. The van der Waals surface area contributed by atoms with Gasteiger partial charge in [-0.25, -0.2) is 0 Å². The van der Waals surface area contributed by atoms with Crippen molar-refractivity contribution in [2.75, 3.05) is 9.80 Å². The highest BCUT2D eigenvalue weighted by Gasteiger charge is 2.52. The summed E-state index contributed by atoms with van der Waals surface area (Å²) in [6.45, 7) is 0. The molecule has 0 atom stereocenters. The SMILES string of the molecule is c1ccc(-c2ccc(N(c3ccc4c(c3)C3(c5ccccc5-c5ccccc53)c3cc5cc(N(c6ccc(-c7ccccc7)cc6)c6cccc7oc8ccccc8c67)ccc5cc3-4)c3cccc4oc5ccccc5c34)cc2)cc1. The maximum absolute atomic E-state index is 6.59. The van der Waals surface area contributed by atoms with E-state index in [0.29, 0.717) is 0 Å². The summed E-state index contributed by atoms with van der Waals surface area (Å²) < 4.78 is 13.1. The molecule has 2 aromatic heterocycles. The third kappa shape index (κ3) is 6.78. The van der Waals surface area contributed by atoms with Gasteiger partial charge in [0.15, 0.2) is 0 Å². The summed E-state index contributed by atoms with van der Waals surface area (Å²) in [4.78, 5) is 4.85. The van der Waals surface area contributed by atoms with Crippen molar-refractivity contribution < 1.29 is 8.83 Å². The molecule has 378 valence electrons. The van der Waals surface area contributed by atoms with Gasteiger partial charge in [0.05, 0.1) is 27.6 Å². The van der Waals surface area contributed by atoms with Crippen LogP contribution in [0.5, 0.6) is 0 Å². The summed E-state index contributed by atoms with van der Waals surface area (Å²) >= 11 is 0. The van der Waals surface area contributed by atoms with Crippen LogP contribution in [0.4, 0.5) is 34.1 Å². The smallest absolute Gasteiger partial charge is 0.137 e. The van der Waals surface area contributed by atoms with Gasteiger partial charge >= 0.3 is 0 Å². The minimum atomic E-state index is -0.635. The second kappa shape index (κ2) is 17.7. The number of nitrogens with zero attached hydrogens (tertiary/aromatic N) is 2. The quantitative estimate of drug-likeness (QED) is 0.152. The molecule has 4 heteroatoms. The molecular formula is C77H48N2O2. The first-order chi connectivity index (χ1) is 40.2. The van der Waals surface area contributed by atoms with Crippen LogP contribution in [-0.2, 0) is 5.41 Å². The Morgan fingerprint density at radius 3 is 1.22 bits per heavy atom. The third-order valence-corrected chi connectivity index (χ3v) is 17.2. The van der Waals surface area contributed by atoms with Crippen LogP contribution < -0.4 is 9.80 Å². The first-order valence-corrected chi connectivity index (χ1v) is 27.8. The molecule has 0 aliphatic heterocycles. The lowest BCUT2D eigenvalue weighted by Crippen LogP contribution is -2.26. The number of fused-ring (bicyclic) bond motifs is 17. The third-order valence-electron chi connectivity index (χ3n) is 17.2. The fourth-order valence-electron chi connectivity index (χ4n) is 13.7. The van der Waals surface area contributed by atoms with E-state index in [-0.39, 0.29) is 0 Å². The highest BCUT2D eigenvalue weighted by Crippen LogP contribution is 2.64. The lowest BCUT2D eigenvalue weighted by atomic mass is 9.70. The van der Waals surface area contributed by atoms with Crippen molar-refractivity contribution >= 4 is 88.8 Å². The average Bonchev–Trinajstić information content (AvgIpc) is 3.07. The van der Waals surface area contributed by atoms with Crippen molar-refractivity contribution in [2.45, 2.75) is 5.41 Å². The Kier molecular flexibility index (Phi) is 9.89. The van der Waals surface area contributed by atoms with E-state index in [2.05, 4.69) is 289 Å². The Hall–Kier alpha value is -10.7. The van der Waals surface area contributed by atoms with Crippen molar-refractivity contribution in [1.29, 1.82) is 0 Å². The largest absolute Gasteiger partial charge is 0.456 e. The van der Waals surface area contributed by atoms with Gasteiger partial charge in [-0.05, 0) is 175 Å². The Bertz CT molecular complexity index is 4950. The van der Waals surface area contributed by atoms with Crippen molar-refractivity contribution in [3.05, 3.63) is 313 Å². The van der Waals surface area contributed by atoms with Gasteiger partial charge < -0.3 is 18.6 Å². The van der Waals surface area contributed by atoms with Gasteiger partial charge in [0.25, 0.3) is 0 Å². The maximum Gasteiger partial charge on any atom is 0.137 e. The molecule has 81 heavy (non-hydrogen) atoms. The van der Waals surface area contributed by atoms with Gasteiger partial charge in [-0.2, -0.15) is 0 Å². The summed E-state index contributed by atoms with van der Waals surface area (Å²) in [6.07, 6.45) is 0. The number of anilines is 6. The standard InChI is InChI=1S/C77H48N2O2/c1-3-17-49(18-4-1)51-33-38-55(39-34-51)78(69-27-15-31-73-75(69)62-23-9-13-29-71(62)80-73)57-42-37-53-46-64-61-44-43-58(48-68(61)77(67(64)47-54(53)45-57)65-25-11-7-21-59(65)60-22-8-12-26-66(60)77)79(56-40-35-52(36-41-56)50-19-5-2-6-20-50)70-28-16-32-74-76(70)63-24-10-14-30-72(63)81-74/h1-48H. The molecule has 15 aromatic rings. The van der Waals surface area contributed by atoms with Crippen LogP contribution in [0.15, 0.2) is 300 Å². The first kappa shape index (κ1) is 45.3. The highest BCUT2D eigenvalue weighted by atomic mass is 16.3. The summed E-state index contributed by atoms with van der Waals surface area (Å²) in [6, 6.07) is 106. The molecule has 17 rings (SSSR count). The van der Waals surface area contributed by atoms with Crippen LogP contribution in [0, 0.1) is 0 Å². The van der Waals surface area contributed by atoms with Gasteiger partial charge in [0.2, 0.25) is 0 Å². The average molecular weight is 1030 g/mol. The van der Waals surface area contributed by atoms with Crippen molar-refractivity contribution in [3.63, 3.8) is 0 Å². The second-order valence-electron chi connectivity index (χ2n) is 21.5. The molecule has 0 N–H and O–H groups in total. The molecule has 0 bridgehead atoms. The summed E-state index contributed by atoms with van der Waals surface area (Å²) in [5.74, 6) is 0. The molecule has 0 fully saturated rings. The fraction of sp³-hybridized carbons (Fsp3) is 0.0130. The summed E-state index contributed by atoms with van der Waals surface area (Å²) in [7, 11) is 0. The minimum absolute atomic E-state index is 0.635. The monoisotopic (exact) mass is 1030 g/mol. The first-order valence-electron chi connectivity index (χ1n) is 27.8. The molecule has 2 heterocycles. The molecule has 4 nitrogen and oxygen atoms in total. The Morgan fingerprint density at radius 2 is 0.667 bits per heavy atom. The zero-order chi connectivity index (χ0) is 53.2. The van der Waals surface area contributed by atoms with Crippen LogP contribution in [0.1, 0.15) is 22.3 Å². The molecule has 1 spiro atoms. The van der Waals surface area contributed by atoms with Crippen LogP contribution in [0.25, 0.3) is 99.2 Å². The van der Waals surface area contributed by atoms with Crippen molar-refractivity contribution in [1.82, 2.24) is 0 Å². The molecular weight excluding hydrogens is 985 g/mol. The highest BCUT2D eigenvalue weighted by molar-refractivity contribution is 6.15. The van der Waals surface area contributed by atoms with Crippen molar-refractivity contribution in [3.8, 4) is 44.5 Å². The van der Waals surface area contributed by atoms with Crippen LogP contribution in [0.2, 0.25) is 0 Å². The predicted molar refractivity (Wildman–Crippen MR) is 335 cm³/mol. The topological polar surface area (TPSA) is 32.8 Å². The molecule has 13 aromatic carbocycles. The number of para-hydroxylation sites is 2. The summed E-state index contributed by atoms with van der Waals surface area (Å²) in [5.41, 5.74) is 24.0. The van der Waals surface area contributed by atoms with E-state index in [4.69, 9.17) is 8.83 Å². The van der Waals surface area contributed by atoms with Gasteiger partial charge in [-0.1, -0.05) is 194 Å². The number of hydrogen-bond acceptors (Lipinski definition) is 4. The summed E-state index contributed by atoms with van der Waals surface area (Å²) in [5, 5.41) is 6.67. The zero-order valence-electron chi connectivity index (χ0n) is 43.9. The minimum Gasteiger partial charge on any atom is -0.456 e. The van der Waals surface area contributed by atoms with E-state index in [0.717, 1.165) is 83.4 Å². The lowest BCUT2D eigenvalue weighted by Gasteiger charge is -2.32. The van der Waals surface area contributed by atoms with Crippen LogP contribution in [0.3, 0.4) is 0 Å². The number of furan rings is 2. The Morgan fingerprint density at radius 1 is 0.247 bits per heavy atom. The second-order valence-corrected chi connectivity index (χ2v) is 21.5. The number of hydrogen-bond donors (Lipinski definition) is 0. The number of rotatable bonds is 8.